The van der Waals surface area contributed by atoms with E-state index in [1.807, 2.05) is 0 Å². The number of nitro benzene ring substituents is 1. The number of carbonyl (C=O) groups is 2. The average Bonchev–Trinajstić information content (AvgIpc) is 3.17. The van der Waals surface area contributed by atoms with Crippen molar-refractivity contribution >= 4 is 52.2 Å². The zero-order valence-corrected chi connectivity index (χ0v) is 17.0. The van der Waals surface area contributed by atoms with Gasteiger partial charge in [0.25, 0.3) is 10.9 Å². The van der Waals surface area contributed by atoms with Crippen LogP contribution in [0.15, 0.2) is 52.1 Å². The summed E-state index contributed by atoms with van der Waals surface area (Å²) in [5.41, 5.74) is 1.24. The van der Waals surface area contributed by atoms with Crippen molar-refractivity contribution in [1.29, 1.82) is 0 Å². The number of rotatable bonds is 7. The van der Waals surface area contributed by atoms with Crippen LogP contribution in [0.4, 0.5) is 17.1 Å². The summed E-state index contributed by atoms with van der Waals surface area (Å²) in [7, 11) is 0. The second-order valence-electron chi connectivity index (χ2n) is 5.89. The van der Waals surface area contributed by atoms with Gasteiger partial charge >= 0.3 is 0 Å². The van der Waals surface area contributed by atoms with Crippen molar-refractivity contribution in [1.82, 2.24) is 10.2 Å². The Hall–Kier alpha value is -3.44. The first-order valence-electron chi connectivity index (χ1n) is 8.40. The second kappa shape index (κ2) is 9.37. The molecule has 0 saturated carbocycles. The molecule has 2 aromatic carbocycles. The lowest BCUT2D eigenvalue weighted by Gasteiger charge is -2.06. The van der Waals surface area contributed by atoms with Gasteiger partial charge in [0.1, 0.15) is 0 Å². The highest BCUT2D eigenvalue weighted by Gasteiger charge is 2.14. The molecular weight excluding hydrogens is 434 g/mol. The van der Waals surface area contributed by atoms with E-state index in [2.05, 4.69) is 20.8 Å². The highest BCUT2D eigenvalue weighted by atomic mass is 35.5. The Bertz CT molecular complexity index is 1100. The highest BCUT2D eigenvalue weighted by molar-refractivity contribution is 7.99. The molecule has 0 bridgehead atoms. The molecule has 0 aliphatic rings. The van der Waals surface area contributed by atoms with E-state index in [4.69, 9.17) is 16.0 Å². The summed E-state index contributed by atoms with van der Waals surface area (Å²) in [6.45, 7) is 1.42. The van der Waals surface area contributed by atoms with Gasteiger partial charge in [0.15, 0.2) is 0 Å². The Kier molecular flexibility index (Phi) is 6.65. The molecule has 0 aliphatic carbocycles. The number of halogens is 1. The number of thioether (sulfide) groups is 1. The molecule has 2 amide bonds. The third-order valence-corrected chi connectivity index (χ3v) is 4.77. The first-order chi connectivity index (χ1) is 14.3. The van der Waals surface area contributed by atoms with Gasteiger partial charge in [-0.25, -0.2) is 0 Å². The quantitative estimate of drug-likeness (QED) is 0.314. The van der Waals surface area contributed by atoms with E-state index >= 15 is 0 Å². The molecule has 2 N–H and O–H groups in total. The van der Waals surface area contributed by atoms with Crippen molar-refractivity contribution in [3.8, 4) is 11.5 Å². The van der Waals surface area contributed by atoms with E-state index in [0.29, 0.717) is 11.3 Å². The van der Waals surface area contributed by atoms with Gasteiger partial charge in [-0.2, -0.15) is 0 Å². The van der Waals surface area contributed by atoms with Crippen molar-refractivity contribution in [3.63, 3.8) is 0 Å². The summed E-state index contributed by atoms with van der Waals surface area (Å²) in [5.74, 6) is -0.429. The molecule has 3 rings (SSSR count). The molecule has 0 fully saturated rings. The second-order valence-corrected chi connectivity index (χ2v) is 7.22. The minimum Gasteiger partial charge on any atom is -0.411 e. The van der Waals surface area contributed by atoms with Crippen molar-refractivity contribution in [3.05, 3.63) is 57.6 Å². The lowest BCUT2D eigenvalue weighted by atomic mass is 10.2. The zero-order chi connectivity index (χ0) is 21.7. The van der Waals surface area contributed by atoms with E-state index in [-0.39, 0.29) is 39.2 Å². The summed E-state index contributed by atoms with van der Waals surface area (Å²) < 4.78 is 5.52. The Morgan fingerprint density at radius 2 is 1.90 bits per heavy atom. The Labute approximate surface area is 179 Å². The fourth-order valence-corrected chi connectivity index (χ4v) is 3.05. The van der Waals surface area contributed by atoms with E-state index < -0.39 is 10.8 Å². The van der Waals surface area contributed by atoms with Crippen molar-refractivity contribution in [2.24, 2.45) is 0 Å². The van der Waals surface area contributed by atoms with Crippen LogP contribution >= 0.6 is 23.4 Å². The van der Waals surface area contributed by atoms with Crippen LogP contribution in [0, 0.1) is 10.1 Å². The molecule has 0 radical (unpaired) electrons. The SMILES string of the molecule is CC(=O)Nc1ccc(-c2nnc(SCC(=O)Nc3cc([N+](=O)[O-])ccc3Cl)o2)cc1. The van der Waals surface area contributed by atoms with Gasteiger partial charge in [0.2, 0.25) is 17.7 Å². The number of amides is 2. The molecule has 0 saturated heterocycles. The molecule has 30 heavy (non-hydrogen) atoms. The molecule has 10 nitrogen and oxygen atoms in total. The van der Waals surface area contributed by atoms with Crippen molar-refractivity contribution in [2.75, 3.05) is 16.4 Å². The van der Waals surface area contributed by atoms with Gasteiger partial charge in [0.05, 0.1) is 21.4 Å². The van der Waals surface area contributed by atoms with Crippen LogP contribution in [0.2, 0.25) is 5.02 Å². The minimum absolute atomic E-state index is 0.0673. The summed E-state index contributed by atoms with van der Waals surface area (Å²) in [4.78, 5) is 33.5. The van der Waals surface area contributed by atoms with E-state index in [0.717, 1.165) is 11.8 Å². The highest BCUT2D eigenvalue weighted by Crippen LogP contribution is 2.28. The van der Waals surface area contributed by atoms with Crippen LogP contribution in [-0.4, -0.2) is 32.7 Å². The first kappa shape index (κ1) is 21.3. The summed E-state index contributed by atoms with van der Waals surface area (Å²) in [6.07, 6.45) is 0. The maximum Gasteiger partial charge on any atom is 0.277 e. The lowest BCUT2D eigenvalue weighted by Crippen LogP contribution is -2.14. The van der Waals surface area contributed by atoms with Gasteiger partial charge in [-0.1, -0.05) is 23.4 Å². The standard InChI is InChI=1S/C18H14ClN5O5S/c1-10(25)20-12-4-2-11(3-5-12)17-22-23-18(29-17)30-9-16(26)21-15-8-13(24(27)28)6-7-14(15)19/h2-8H,9H2,1H3,(H,20,25)(H,21,26). The van der Waals surface area contributed by atoms with Crippen LogP contribution in [-0.2, 0) is 9.59 Å². The Morgan fingerprint density at radius 3 is 2.57 bits per heavy atom. The van der Waals surface area contributed by atoms with Gasteiger partial charge in [0, 0.05) is 30.3 Å². The third kappa shape index (κ3) is 5.55. The number of nitrogens with one attached hydrogen (secondary N) is 2. The predicted octanol–water partition coefficient (Wildman–Crippen LogP) is 3.99. The van der Waals surface area contributed by atoms with Crippen LogP contribution in [0.1, 0.15) is 6.92 Å². The Balaban J connectivity index is 1.59. The number of non-ortho nitro benzene ring substituents is 1. The number of hydrogen-bond acceptors (Lipinski definition) is 8. The molecule has 1 heterocycles. The molecule has 1 aromatic heterocycles. The summed E-state index contributed by atoms with van der Waals surface area (Å²) in [5, 5.41) is 24.2. The predicted molar refractivity (Wildman–Crippen MR) is 111 cm³/mol. The van der Waals surface area contributed by atoms with Gasteiger partial charge < -0.3 is 15.1 Å². The van der Waals surface area contributed by atoms with E-state index in [1.54, 1.807) is 24.3 Å². The molecule has 0 spiro atoms. The summed E-state index contributed by atoms with van der Waals surface area (Å²) in [6, 6.07) is 10.6. The monoisotopic (exact) mass is 447 g/mol. The summed E-state index contributed by atoms with van der Waals surface area (Å²) >= 11 is 6.97. The molecule has 12 heteroatoms. The molecule has 0 atom stereocenters. The van der Waals surface area contributed by atoms with E-state index in [1.165, 1.54) is 25.1 Å². The number of nitro groups is 1. The topological polar surface area (TPSA) is 140 Å². The van der Waals surface area contributed by atoms with Crippen LogP contribution in [0.5, 0.6) is 0 Å². The molecule has 0 unspecified atom stereocenters. The number of carbonyl (C=O) groups excluding carboxylic acids is 2. The maximum atomic E-state index is 12.1. The van der Waals surface area contributed by atoms with Crippen molar-refractivity contribution in [2.45, 2.75) is 12.1 Å². The minimum atomic E-state index is -0.580. The van der Waals surface area contributed by atoms with Crippen LogP contribution < -0.4 is 10.6 Å². The number of aromatic nitrogens is 2. The van der Waals surface area contributed by atoms with Crippen LogP contribution in [0.3, 0.4) is 0 Å². The van der Waals surface area contributed by atoms with Crippen LogP contribution in [0.25, 0.3) is 11.5 Å². The number of benzene rings is 2. The molecule has 0 aliphatic heterocycles. The Morgan fingerprint density at radius 1 is 1.17 bits per heavy atom. The van der Waals surface area contributed by atoms with E-state index in [9.17, 15) is 19.7 Å². The average molecular weight is 448 g/mol. The fraction of sp³-hybridized carbons (Fsp3) is 0.111. The number of anilines is 2. The number of hydrogen-bond donors (Lipinski definition) is 2. The normalized spacial score (nSPS) is 10.5. The lowest BCUT2D eigenvalue weighted by molar-refractivity contribution is -0.384. The largest absolute Gasteiger partial charge is 0.411 e. The molecular formula is C18H14ClN5O5S. The fourth-order valence-electron chi connectivity index (χ4n) is 2.32. The number of nitrogens with zero attached hydrogens (tertiary/aromatic N) is 3. The zero-order valence-electron chi connectivity index (χ0n) is 15.4. The third-order valence-electron chi connectivity index (χ3n) is 3.62. The maximum absolute atomic E-state index is 12.1. The van der Waals surface area contributed by atoms with Gasteiger partial charge in [-0.05, 0) is 30.3 Å². The van der Waals surface area contributed by atoms with Gasteiger partial charge in [-0.3, -0.25) is 19.7 Å². The first-order valence-corrected chi connectivity index (χ1v) is 9.76. The molecule has 154 valence electrons. The molecule has 3 aromatic rings. The smallest absolute Gasteiger partial charge is 0.277 e. The van der Waals surface area contributed by atoms with Crippen molar-refractivity contribution < 1.29 is 18.9 Å². The van der Waals surface area contributed by atoms with Gasteiger partial charge in [-0.15, -0.1) is 10.2 Å².